The molecule has 0 aromatic heterocycles. The van der Waals surface area contributed by atoms with Gasteiger partial charge in [-0.15, -0.1) is 0 Å². The van der Waals surface area contributed by atoms with Gasteiger partial charge in [0.25, 0.3) is 0 Å². The third-order valence-corrected chi connectivity index (χ3v) is 9.40. The van der Waals surface area contributed by atoms with Crippen LogP contribution in [0.4, 0.5) is 0 Å². The Morgan fingerprint density at radius 3 is 1.89 bits per heavy atom. The van der Waals surface area contributed by atoms with Gasteiger partial charge < -0.3 is 19.0 Å². The van der Waals surface area contributed by atoms with Gasteiger partial charge in [0.2, 0.25) is 0 Å². The summed E-state index contributed by atoms with van der Waals surface area (Å²) in [7, 11) is -6.20. The first-order valence-corrected chi connectivity index (χ1v) is 10.7. The molecule has 0 aliphatic heterocycles. The highest BCUT2D eigenvalue weighted by Gasteiger charge is 2.50. The minimum Gasteiger partial charge on any atom is -0.463 e. The molecule has 0 aromatic carbocycles. The molecule has 0 heterocycles. The van der Waals surface area contributed by atoms with Gasteiger partial charge in [0.15, 0.2) is 5.08 Å². The average molecular weight is 296 g/mol. The number of ether oxygens (including phenoxy) is 1. The van der Waals surface area contributed by atoms with E-state index < -0.39 is 25.3 Å². The Labute approximate surface area is 108 Å². The maximum atomic E-state index is 12.2. The molecule has 18 heavy (non-hydrogen) atoms. The van der Waals surface area contributed by atoms with Crippen LogP contribution in [0.5, 0.6) is 0 Å². The molecule has 0 fully saturated rings. The van der Waals surface area contributed by atoms with E-state index in [0.717, 1.165) is 0 Å². The second kappa shape index (κ2) is 5.73. The Kier molecular flexibility index (Phi) is 5.61. The van der Waals surface area contributed by atoms with E-state index in [1.54, 1.807) is 6.92 Å². The Balaban J connectivity index is 5.32. The van der Waals surface area contributed by atoms with Crippen molar-refractivity contribution in [1.29, 1.82) is 0 Å². The van der Waals surface area contributed by atoms with Gasteiger partial charge in [-0.25, -0.2) is 4.79 Å². The zero-order valence-corrected chi connectivity index (χ0v) is 13.4. The first-order chi connectivity index (χ1) is 7.87. The zero-order valence-electron chi connectivity index (χ0n) is 11.6. The molecule has 106 valence electrons. The summed E-state index contributed by atoms with van der Waals surface area (Å²) in [6.45, 7) is 10.7. The van der Waals surface area contributed by atoms with Crippen molar-refractivity contribution in [2.75, 3.05) is 33.3 Å². The second-order valence-corrected chi connectivity index (χ2v) is 12.2. The number of esters is 1. The molecular formula is C11H22O5P2. The Bertz CT molecular complexity index is 407. The normalized spacial score (nSPS) is 13.2. The molecule has 0 bridgehead atoms. The monoisotopic (exact) mass is 296 g/mol. The summed E-state index contributed by atoms with van der Waals surface area (Å²) < 4.78 is 29.1. The summed E-state index contributed by atoms with van der Waals surface area (Å²) in [5.41, 5.74) is -0.0211. The quantitative estimate of drug-likeness (QED) is 0.462. The number of carbonyl (C=O) groups is 1. The van der Waals surface area contributed by atoms with E-state index in [9.17, 15) is 19.0 Å². The van der Waals surface area contributed by atoms with E-state index in [4.69, 9.17) is 4.74 Å². The lowest BCUT2D eigenvalue weighted by molar-refractivity contribution is -0.138. The fourth-order valence-electron chi connectivity index (χ4n) is 1.55. The van der Waals surface area contributed by atoms with E-state index in [0.29, 0.717) is 0 Å². The van der Waals surface area contributed by atoms with Crippen molar-refractivity contribution in [3.63, 3.8) is 0 Å². The van der Waals surface area contributed by atoms with Gasteiger partial charge in [0.1, 0.15) is 14.3 Å². The topological polar surface area (TPSA) is 80.7 Å². The summed E-state index contributed by atoms with van der Waals surface area (Å²) in [6.07, 6.45) is -0.305. The number of carbonyl (C=O) groups excluding carboxylic acids is 1. The predicted octanol–water partition coefficient (Wildman–Crippen LogP) is 2.39. The lowest BCUT2D eigenvalue weighted by Crippen LogP contribution is -2.30. The minimum atomic E-state index is -3.10. The predicted molar refractivity (Wildman–Crippen MR) is 74.2 cm³/mol. The molecule has 0 saturated heterocycles. The van der Waals surface area contributed by atoms with Gasteiger partial charge in [-0.2, -0.15) is 0 Å². The SMILES string of the molecule is C=C(CC(O)(P(C)(C)=O)P(C)(C)=O)C(=O)OCC. The Hall–Kier alpha value is -0.370. The molecule has 0 saturated carbocycles. The first-order valence-electron chi connectivity index (χ1n) is 5.54. The largest absolute Gasteiger partial charge is 0.463 e. The van der Waals surface area contributed by atoms with E-state index >= 15 is 0 Å². The van der Waals surface area contributed by atoms with Crippen LogP contribution in [0, 0.1) is 0 Å². The van der Waals surface area contributed by atoms with Crippen LogP contribution in [0.3, 0.4) is 0 Å². The maximum Gasteiger partial charge on any atom is 0.333 e. The van der Waals surface area contributed by atoms with Gasteiger partial charge in [-0.1, -0.05) is 6.58 Å². The molecule has 0 radical (unpaired) electrons. The highest BCUT2D eigenvalue weighted by atomic mass is 31.2. The Morgan fingerprint density at radius 2 is 1.61 bits per heavy atom. The standard InChI is InChI=1S/C11H22O5P2/c1-7-16-10(12)9(2)8-11(13,17(3,4)14)18(5,6)15/h13H,2,7-8H2,1,3-6H3. The number of rotatable bonds is 6. The van der Waals surface area contributed by atoms with Crippen molar-refractivity contribution in [2.45, 2.75) is 18.4 Å². The average Bonchev–Trinajstić information content (AvgIpc) is 2.14. The van der Waals surface area contributed by atoms with Gasteiger partial charge >= 0.3 is 5.97 Å². The van der Waals surface area contributed by atoms with Crippen LogP contribution in [-0.4, -0.2) is 49.4 Å². The van der Waals surface area contributed by atoms with Gasteiger partial charge in [-0.3, -0.25) is 0 Å². The van der Waals surface area contributed by atoms with Gasteiger partial charge in [-0.05, 0) is 33.6 Å². The van der Waals surface area contributed by atoms with Crippen LogP contribution in [0.2, 0.25) is 0 Å². The molecule has 0 rings (SSSR count). The molecular weight excluding hydrogens is 274 g/mol. The van der Waals surface area contributed by atoms with E-state index in [1.807, 2.05) is 0 Å². The summed E-state index contributed by atoms with van der Waals surface area (Å²) in [5.74, 6) is -0.669. The van der Waals surface area contributed by atoms with Crippen LogP contribution >= 0.6 is 14.3 Å². The van der Waals surface area contributed by atoms with E-state index in [2.05, 4.69) is 6.58 Å². The molecule has 0 aromatic rings. The molecule has 0 amide bonds. The Morgan fingerprint density at radius 1 is 1.22 bits per heavy atom. The smallest absolute Gasteiger partial charge is 0.333 e. The molecule has 1 N–H and O–H groups in total. The van der Waals surface area contributed by atoms with Crippen LogP contribution in [0.1, 0.15) is 13.3 Å². The first kappa shape index (κ1) is 17.6. The number of aliphatic hydroxyl groups is 1. The van der Waals surface area contributed by atoms with Gasteiger partial charge in [0.05, 0.1) is 6.61 Å². The lowest BCUT2D eigenvalue weighted by Gasteiger charge is -2.35. The van der Waals surface area contributed by atoms with Crippen molar-refractivity contribution >= 4 is 20.3 Å². The summed E-state index contributed by atoms with van der Waals surface area (Å²) in [5, 5.41) is 8.56. The third-order valence-electron chi connectivity index (χ3n) is 2.74. The van der Waals surface area contributed by atoms with Crippen LogP contribution in [-0.2, 0) is 18.7 Å². The van der Waals surface area contributed by atoms with E-state index in [-0.39, 0.29) is 18.6 Å². The fourth-order valence-corrected chi connectivity index (χ4v) is 7.34. The lowest BCUT2D eigenvalue weighted by atomic mass is 10.2. The minimum absolute atomic E-state index is 0.0211. The number of hydrogen-bond acceptors (Lipinski definition) is 5. The highest BCUT2D eigenvalue weighted by molar-refractivity contribution is 7.81. The van der Waals surface area contributed by atoms with Crippen LogP contribution in [0.25, 0.3) is 0 Å². The van der Waals surface area contributed by atoms with Crippen molar-refractivity contribution in [3.8, 4) is 0 Å². The summed E-state index contributed by atoms with van der Waals surface area (Å²) in [6, 6.07) is 0. The summed E-state index contributed by atoms with van der Waals surface area (Å²) >= 11 is 0. The van der Waals surface area contributed by atoms with Crippen LogP contribution < -0.4 is 0 Å². The fraction of sp³-hybridized carbons (Fsp3) is 0.727. The molecule has 0 spiro atoms. The maximum absolute atomic E-state index is 12.2. The zero-order chi connectivity index (χ0) is 14.8. The van der Waals surface area contributed by atoms with E-state index in [1.165, 1.54) is 26.7 Å². The molecule has 0 atom stereocenters. The molecule has 0 aliphatic carbocycles. The van der Waals surface area contributed by atoms with Crippen molar-refractivity contribution < 1.29 is 23.8 Å². The highest BCUT2D eigenvalue weighted by Crippen LogP contribution is 2.70. The van der Waals surface area contributed by atoms with Crippen molar-refractivity contribution in [2.24, 2.45) is 0 Å². The molecule has 0 unspecified atom stereocenters. The second-order valence-electron chi connectivity index (χ2n) is 4.98. The third kappa shape index (κ3) is 3.81. The molecule has 5 nitrogen and oxygen atoms in total. The molecule has 7 heteroatoms. The summed E-state index contributed by atoms with van der Waals surface area (Å²) in [4.78, 5) is 11.5. The number of hydrogen-bond donors (Lipinski definition) is 1. The van der Waals surface area contributed by atoms with Gasteiger partial charge in [0, 0.05) is 12.0 Å². The van der Waals surface area contributed by atoms with Crippen molar-refractivity contribution in [1.82, 2.24) is 0 Å². The van der Waals surface area contributed by atoms with Crippen molar-refractivity contribution in [3.05, 3.63) is 12.2 Å². The van der Waals surface area contributed by atoms with Crippen LogP contribution in [0.15, 0.2) is 12.2 Å². The molecule has 0 aliphatic rings.